The van der Waals surface area contributed by atoms with E-state index in [1.54, 1.807) is 16.7 Å². The van der Waals surface area contributed by atoms with E-state index >= 15 is 0 Å². The lowest BCUT2D eigenvalue weighted by molar-refractivity contribution is -0.138. The van der Waals surface area contributed by atoms with Gasteiger partial charge in [0.1, 0.15) is 0 Å². The summed E-state index contributed by atoms with van der Waals surface area (Å²) in [7, 11) is 0. The van der Waals surface area contributed by atoms with E-state index in [0.29, 0.717) is 13.1 Å². The third-order valence-electron chi connectivity index (χ3n) is 3.08. The number of thioether (sulfide) groups is 1. The van der Waals surface area contributed by atoms with Gasteiger partial charge in [0.05, 0.1) is 6.04 Å². The molecule has 16 heavy (non-hydrogen) atoms. The molecule has 2 heterocycles. The van der Waals surface area contributed by atoms with Gasteiger partial charge in [-0.05, 0) is 12.3 Å². The standard InChI is InChI=1S/C10H16N2O3S/c13-9(14)3-7-1-2-12(4-7)10(15)8-5-16-6-11-8/h7-8,11H,1-6H2,(H,13,14). The number of amides is 1. The van der Waals surface area contributed by atoms with Crippen molar-refractivity contribution < 1.29 is 14.7 Å². The Morgan fingerprint density at radius 1 is 1.50 bits per heavy atom. The van der Waals surface area contributed by atoms with Gasteiger partial charge in [-0.25, -0.2) is 0 Å². The lowest BCUT2D eigenvalue weighted by Gasteiger charge is -2.20. The fourth-order valence-electron chi connectivity index (χ4n) is 2.22. The highest BCUT2D eigenvalue weighted by atomic mass is 32.2. The molecule has 1 amide bonds. The normalized spacial score (nSPS) is 29.6. The van der Waals surface area contributed by atoms with Gasteiger partial charge >= 0.3 is 5.97 Å². The number of carbonyl (C=O) groups is 2. The molecule has 2 aliphatic heterocycles. The van der Waals surface area contributed by atoms with Crippen LogP contribution in [0, 0.1) is 5.92 Å². The van der Waals surface area contributed by atoms with Crippen LogP contribution in [0.5, 0.6) is 0 Å². The van der Waals surface area contributed by atoms with E-state index in [0.717, 1.165) is 18.1 Å². The lowest BCUT2D eigenvalue weighted by Crippen LogP contribution is -2.43. The van der Waals surface area contributed by atoms with Crippen molar-refractivity contribution in [2.45, 2.75) is 18.9 Å². The zero-order chi connectivity index (χ0) is 11.5. The van der Waals surface area contributed by atoms with E-state index in [4.69, 9.17) is 5.11 Å². The summed E-state index contributed by atoms with van der Waals surface area (Å²) in [5.41, 5.74) is 0. The van der Waals surface area contributed by atoms with Gasteiger partial charge in [0.2, 0.25) is 5.91 Å². The van der Waals surface area contributed by atoms with Crippen LogP contribution in [0.3, 0.4) is 0 Å². The predicted molar refractivity (Wildman–Crippen MR) is 61.2 cm³/mol. The summed E-state index contributed by atoms with van der Waals surface area (Å²) in [6.07, 6.45) is 0.995. The average Bonchev–Trinajstić information content (AvgIpc) is 2.84. The van der Waals surface area contributed by atoms with Gasteiger partial charge in [0, 0.05) is 31.1 Å². The molecule has 0 radical (unpaired) electrons. The number of carboxylic acids is 1. The summed E-state index contributed by atoms with van der Waals surface area (Å²) in [6, 6.07) is -0.0615. The van der Waals surface area contributed by atoms with Crippen molar-refractivity contribution in [1.82, 2.24) is 10.2 Å². The van der Waals surface area contributed by atoms with Crippen LogP contribution in [0.2, 0.25) is 0 Å². The predicted octanol–water partition coefficient (Wildman–Crippen LogP) is -0.0279. The minimum absolute atomic E-state index is 0.0615. The minimum Gasteiger partial charge on any atom is -0.481 e. The van der Waals surface area contributed by atoms with E-state index in [-0.39, 0.29) is 24.3 Å². The first-order valence-corrected chi connectivity index (χ1v) is 6.64. The highest BCUT2D eigenvalue weighted by Crippen LogP contribution is 2.21. The van der Waals surface area contributed by atoms with Gasteiger partial charge in [-0.1, -0.05) is 0 Å². The Labute approximate surface area is 98.6 Å². The maximum absolute atomic E-state index is 12.0. The number of carbonyl (C=O) groups excluding carboxylic acids is 1. The number of carboxylic acid groups (broad SMARTS) is 1. The van der Waals surface area contributed by atoms with Gasteiger partial charge in [-0.3, -0.25) is 14.9 Å². The van der Waals surface area contributed by atoms with Gasteiger partial charge in [-0.15, -0.1) is 11.8 Å². The Morgan fingerprint density at radius 3 is 2.94 bits per heavy atom. The van der Waals surface area contributed by atoms with Crippen LogP contribution in [0.4, 0.5) is 0 Å². The Bertz CT molecular complexity index is 292. The highest BCUT2D eigenvalue weighted by Gasteiger charge is 2.32. The molecular weight excluding hydrogens is 228 g/mol. The molecule has 0 spiro atoms. The van der Waals surface area contributed by atoms with E-state index in [1.807, 2.05) is 0 Å². The van der Waals surface area contributed by atoms with E-state index in [1.165, 1.54) is 0 Å². The Morgan fingerprint density at radius 2 is 2.31 bits per heavy atom. The quantitative estimate of drug-likeness (QED) is 0.730. The summed E-state index contributed by atoms with van der Waals surface area (Å²) in [5.74, 6) is 1.17. The molecular formula is C10H16N2O3S. The Hall–Kier alpha value is -0.750. The second-order valence-corrected chi connectivity index (χ2v) is 5.34. The highest BCUT2D eigenvalue weighted by molar-refractivity contribution is 7.99. The molecule has 0 aromatic heterocycles. The smallest absolute Gasteiger partial charge is 0.303 e. The van der Waals surface area contributed by atoms with E-state index in [9.17, 15) is 9.59 Å². The summed E-state index contributed by atoms with van der Waals surface area (Å²) in [6.45, 7) is 1.31. The largest absolute Gasteiger partial charge is 0.481 e. The number of aliphatic carboxylic acids is 1. The molecule has 0 aromatic carbocycles. The number of likely N-dealkylation sites (tertiary alicyclic amines) is 1. The molecule has 2 rings (SSSR count). The summed E-state index contributed by atoms with van der Waals surface area (Å²) < 4.78 is 0. The molecule has 2 fully saturated rings. The van der Waals surface area contributed by atoms with Crippen LogP contribution in [-0.2, 0) is 9.59 Å². The number of nitrogens with zero attached hydrogens (tertiary/aromatic N) is 1. The fraction of sp³-hybridized carbons (Fsp3) is 0.800. The van der Waals surface area contributed by atoms with Crippen LogP contribution >= 0.6 is 11.8 Å². The first-order chi connectivity index (χ1) is 7.66. The van der Waals surface area contributed by atoms with Crippen LogP contribution in [0.1, 0.15) is 12.8 Å². The molecule has 0 aliphatic carbocycles. The van der Waals surface area contributed by atoms with Crippen molar-refractivity contribution >= 4 is 23.6 Å². The zero-order valence-corrected chi connectivity index (χ0v) is 9.83. The molecule has 2 aliphatic rings. The first kappa shape index (κ1) is 11.7. The molecule has 0 bridgehead atoms. The summed E-state index contributed by atoms with van der Waals surface area (Å²) >= 11 is 1.73. The average molecular weight is 244 g/mol. The van der Waals surface area contributed by atoms with Gasteiger partial charge in [0.25, 0.3) is 0 Å². The number of hydrogen-bond donors (Lipinski definition) is 2. The van der Waals surface area contributed by atoms with Gasteiger partial charge in [-0.2, -0.15) is 0 Å². The van der Waals surface area contributed by atoms with Crippen LogP contribution in [0.25, 0.3) is 0 Å². The topological polar surface area (TPSA) is 69.6 Å². The van der Waals surface area contributed by atoms with Crippen molar-refractivity contribution in [3.63, 3.8) is 0 Å². The van der Waals surface area contributed by atoms with Gasteiger partial charge < -0.3 is 10.0 Å². The number of nitrogens with one attached hydrogen (secondary N) is 1. The number of rotatable bonds is 3. The Kier molecular flexibility index (Phi) is 3.70. The molecule has 5 nitrogen and oxygen atoms in total. The number of hydrogen-bond acceptors (Lipinski definition) is 4. The zero-order valence-electron chi connectivity index (χ0n) is 9.02. The maximum atomic E-state index is 12.0. The van der Waals surface area contributed by atoms with Crippen LogP contribution < -0.4 is 5.32 Å². The van der Waals surface area contributed by atoms with Crippen LogP contribution in [0.15, 0.2) is 0 Å². The van der Waals surface area contributed by atoms with E-state index in [2.05, 4.69) is 5.32 Å². The SMILES string of the molecule is O=C(O)CC1CCN(C(=O)C2CSCN2)C1. The fourth-order valence-corrected chi connectivity index (χ4v) is 3.15. The Balaban J connectivity index is 1.83. The maximum Gasteiger partial charge on any atom is 0.303 e. The molecule has 0 saturated carbocycles. The third kappa shape index (κ3) is 2.68. The van der Waals surface area contributed by atoms with Crippen molar-refractivity contribution in [2.75, 3.05) is 24.7 Å². The van der Waals surface area contributed by atoms with Gasteiger partial charge in [0.15, 0.2) is 0 Å². The van der Waals surface area contributed by atoms with Crippen molar-refractivity contribution in [3.8, 4) is 0 Å². The molecule has 2 saturated heterocycles. The minimum atomic E-state index is -0.770. The third-order valence-corrected chi connectivity index (χ3v) is 4.02. The molecule has 2 unspecified atom stereocenters. The van der Waals surface area contributed by atoms with Crippen molar-refractivity contribution in [2.24, 2.45) is 5.92 Å². The first-order valence-electron chi connectivity index (χ1n) is 5.48. The molecule has 2 N–H and O–H groups in total. The van der Waals surface area contributed by atoms with E-state index < -0.39 is 5.97 Å². The molecule has 6 heteroatoms. The molecule has 2 atom stereocenters. The monoisotopic (exact) mass is 244 g/mol. The van der Waals surface area contributed by atoms with Crippen molar-refractivity contribution in [1.29, 1.82) is 0 Å². The lowest BCUT2D eigenvalue weighted by atomic mass is 10.1. The summed E-state index contributed by atoms with van der Waals surface area (Å²) in [4.78, 5) is 24.4. The molecule has 90 valence electrons. The van der Waals surface area contributed by atoms with Crippen molar-refractivity contribution in [3.05, 3.63) is 0 Å². The second kappa shape index (κ2) is 5.05. The second-order valence-electron chi connectivity index (χ2n) is 4.31. The molecule has 0 aromatic rings. The van der Waals surface area contributed by atoms with Crippen LogP contribution in [-0.4, -0.2) is 52.6 Å². The summed E-state index contributed by atoms with van der Waals surface area (Å²) in [5, 5.41) is 11.8.